The third-order valence-electron chi connectivity index (χ3n) is 2.72. The van der Waals surface area contributed by atoms with Gasteiger partial charge in [0.15, 0.2) is 0 Å². The Labute approximate surface area is 122 Å². The first-order chi connectivity index (χ1) is 9.96. The van der Waals surface area contributed by atoms with Gasteiger partial charge in [0, 0.05) is 0 Å². The van der Waals surface area contributed by atoms with Crippen LogP contribution < -0.4 is 5.73 Å². The van der Waals surface area contributed by atoms with Gasteiger partial charge in [0.25, 0.3) is 5.91 Å². The number of rotatable bonds is 6. The fourth-order valence-corrected chi connectivity index (χ4v) is 1.60. The van der Waals surface area contributed by atoms with Gasteiger partial charge in [0.2, 0.25) is 0 Å². The molecule has 1 aromatic carbocycles. The number of aliphatic carboxylic acids is 1. The van der Waals surface area contributed by atoms with Crippen LogP contribution in [0.1, 0.15) is 24.5 Å². The number of hydrogen-bond acceptors (Lipinski definition) is 5. The van der Waals surface area contributed by atoms with E-state index in [2.05, 4.69) is 0 Å². The lowest BCUT2D eigenvalue weighted by Gasteiger charge is -2.20. The molecule has 0 aliphatic rings. The van der Waals surface area contributed by atoms with E-state index in [1.165, 1.54) is 0 Å². The Balaban J connectivity index is 2.75. The number of hydroxylamine groups is 2. The fraction of sp³-hybridized carbons (Fsp3) is 0.357. The van der Waals surface area contributed by atoms with E-state index in [-0.39, 0.29) is 13.1 Å². The average molecular weight is 294 g/mol. The van der Waals surface area contributed by atoms with Crippen molar-refractivity contribution in [3.05, 3.63) is 35.4 Å². The van der Waals surface area contributed by atoms with Crippen molar-refractivity contribution in [2.75, 3.05) is 6.54 Å². The van der Waals surface area contributed by atoms with Gasteiger partial charge in [-0.1, -0.05) is 31.2 Å². The van der Waals surface area contributed by atoms with Crippen LogP contribution in [0.5, 0.6) is 0 Å². The van der Waals surface area contributed by atoms with E-state index in [4.69, 9.17) is 15.7 Å². The van der Waals surface area contributed by atoms with Crippen molar-refractivity contribution in [1.29, 1.82) is 0 Å². The molecule has 0 fully saturated rings. The second kappa shape index (κ2) is 8.01. The Bertz CT molecular complexity index is 513. The van der Waals surface area contributed by atoms with E-state index in [0.717, 1.165) is 22.6 Å². The molecule has 7 heteroatoms. The minimum Gasteiger partial charge on any atom is -0.481 e. The van der Waals surface area contributed by atoms with Crippen LogP contribution in [-0.4, -0.2) is 34.6 Å². The second-order valence-corrected chi connectivity index (χ2v) is 4.34. The fourth-order valence-electron chi connectivity index (χ4n) is 1.60. The standard InChI is InChI=1S/C14H18N2O5/c1-2-10-3-5-11(6-4-10)9-16(12(17)8-15)21-14(20)7-13(18)19/h3-6H,2,7-9,15H2,1H3,(H,18,19). The zero-order valence-electron chi connectivity index (χ0n) is 11.7. The topological polar surface area (TPSA) is 110 Å². The molecule has 0 aliphatic heterocycles. The minimum absolute atomic E-state index is 0.0192. The van der Waals surface area contributed by atoms with E-state index in [1.807, 2.05) is 19.1 Å². The molecule has 1 rings (SSSR count). The Kier molecular flexibility index (Phi) is 6.35. The molecule has 0 saturated carbocycles. The zero-order valence-corrected chi connectivity index (χ0v) is 11.7. The molecule has 1 amide bonds. The molecule has 21 heavy (non-hydrogen) atoms. The van der Waals surface area contributed by atoms with Gasteiger partial charge >= 0.3 is 11.9 Å². The number of benzene rings is 1. The van der Waals surface area contributed by atoms with E-state index in [1.54, 1.807) is 12.1 Å². The van der Waals surface area contributed by atoms with Crippen LogP contribution in [0.25, 0.3) is 0 Å². The summed E-state index contributed by atoms with van der Waals surface area (Å²) >= 11 is 0. The molecule has 0 saturated heterocycles. The average Bonchev–Trinajstić information content (AvgIpc) is 2.45. The maximum atomic E-state index is 11.6. The summed E-state index contributed by atoms with van der Waals surface area (Å²) in [5.41, 5.74) is 7.14. The molecule has 0 atom stereocenters. The molecule has 3 N–H and O–H groups in total. The van der Waals surface area contributed by atoms with Gasteiger partial charge in [-0.05, 0) is 17.5 Å². The first-order valence-electron chi connectivity index (χ1n) is 6.47. The summed E-state index contributed by atoms with van der Waals surface area (Å²) < 4.78 is 0. The highest BCUT2D eigenvalue weighted by atomic mass is 16.7. The van der Waals surface area contributed by atoms with Crippen LogP contribution in [0.3, 0.4) is 0 Å². The number of carboxylic acid groups (broad SMARTS) is 1. The van der Waals surface area contributed by atoms with Crippen molar-refractivity contribution in [1.82, 2.24) is 5.06 Å². The third kappa shape index (κ3) is 5.62. The lowest BCUT2D eigenvalue weighted by molar-refractivity contribution is -0.200. The third-order valence-corrected chi connectivity index (χ3v) is 2.72. The van der Waals surface area contributed by atoms with Crippen LogP contribution in [0, 0.1) is 0 Å². The van der Waals surface area contributed by atoms with Crippen molar-refractivity contribution in [2.24, 2.45) is 5.73 Å². The highest BCUT2D eigenvalue weighted by Crippen LogP contribution is 2.09. The smallest absolute Gasteiger partial charge is 0.343 e. The molecule has 0 spiro atoms. The summed E-state index contributed by atoms with van der Waals surface area (Å²) in [4.78, 5) is 38.2. The molecular formula is C14H18N2O5. The highest BCUT2D eigenvalue weighted by molar-refractivity contribution is 5.90. The summed E-state index contributed by atoms with van der Waals surface area (Å²) in [7, 11) is 0. The van der Waals surface area contributed by atoms with Crippen molar-refractivity contribution in [2.45, 2.75) is 26.3 Å². The van der Waals surface area contributed by atoms with Gasteiger partial charge in [-0.2, -0.15) is 5.06 Å². The molecular weight excluding hydrogens is 276 g/mol. The summed E-state index contributed by atoms with van der Waals surface area (Å²) in [5, 5.41) is 9.29. The van der Waals surface area contributed by atoms with E-state index >= 15 is 0 Å². The zero-order chi connectivity index (χ0) is 15.8. The normalized spacial score (nSPS) is 10.0. The number of aryl methyl sites for hydroxylation is 1. The van der Waals surface area contributed by atoms with Gasteiger partial charge in [0.1, 0.15) is 6.42 Å². The van der Waals surface area contributed by atoms with Crippen LogP contribution in [0.2, 0.25) is 0 Å². The Morgan fingerprint density at radius 1 is 1.19 bits per heavy atom. The van der Waals surface area contributed by atoms with E-state index < -0.39 is 24.3 Å². The highest BCUT2D eigenvalue weighted by Gasteiger charge is 2.19. The van der Waals surface area contributed by atoms with Gasteiger partial charge < -0.3 is 15.7 Å². The Hall–Kier alpha value is -2.41. The Morgan fingerprint density at radius 2 is 1.76 bits per heavy atom. The van der Waals surface area contributed by atoms with Gasteiger partial charge in [-0.25, -0.2) is 4.79 Å². The van der Waals surface area contributed by atoms with E-state index in [9.17, 15) is 14.4 Å². The molecule has 0 radical (unpaired) electrons. The van der Waals surface area contributed by atoms with Gasteiger partial charge in [-0.15, -0.1) is 0 Å². The van der Waals surface area contributed by atoms with Crippen LogP contribution in [0.4, 0.5) is 0 Å². The maximum absolute atomic E-state index is 11.6. The number of nitrogens with two attached hydrogens (primary N) is 1. The SMILES string of the molecule is CCc1ccc(CN(OC(=O)CC(=O)O)C(=O)CN)cc1. The predicted octanol–water partition coefficient (Wildman–Crippen LogP) is 0.469. The molecule has 7 nitrogen and oxygen atoms in total. The van der Waals surface area contributed by atoms with E-state index in [0.29, 0.717) is 0 Å². The van der Waals surface area contributed by atoms with Crippen molar-refractivity contribution in [3.8, 4) is 0 Å². The number of carbonyl (C=O) groups is 3. The number of hydrogen-bond donors (Lipinski definition) is 2. The van der Waals surface area contributed by atoms with Crippen LogP contribution >= 0.6 is 0 Å². The molecule has 0 heterocycles. The largest absolute Gasteiger partial charge is 0.481 e. The Morgan fingerprint density at radius 3 is 2.24 bits per heavy atom. The van der Waals surface area contributed by atoms with Gasteiger partial charge in [0.05, 0.1) is 13.1 Å². The lowest BCUT2D eigenvalue weighted by Crippen LogP contribution is -2.37. The first kappa shape index (κ1) is 16.6. The number of amides is 1. The number of carboxylic acids is 1. The molecule has 0 aliphatic carbocycles. The monoisotopic (exact) mass is 294 g/mol. The maximum Gasteiger partial charge on any atom is 0.343 e. The quantitative estimate of drug-likeness (QED) is 0.583. The van der Waals surface area contributed by atoms with Crippen LogP contribution in [0.15, 0.2) is 24.3 Å². The summed E-state index contributed by atoms with van der Waals surface area (Å²) in [6, 6.07) is 7.42. The van der Waals surface area contributed by atoms with Crippen molar-refractivity contribution in [3.63, 3.8) is 0 Å². The van der Waals surface area contributed by atoms with Crippen molar-refractivity contribution < 1.29 is 24.3 Å². The van der Waals surface area contributed by atoms with Crippen LogP contribution in [-0.2, 0) is 32.2 Å². The molecule has 114 valence electrons. The van der Waals surface area contributed by atoms with Gasteiger partial charge in [-0.3, -0.25) is 9.59 Å². The molecule has 0 aromatic heterocycles. The minimum atomic E-state index is -1.33. The lowest BCUT2D eigenvalue weighted by atomic mass is 10.1. The summed E-state index contributed by atoms with van der Waals surface area (Å²) in [5.74, 6) is -2.95. The first-order valence-corrected chi connectivity index (χ1v) is 6.47. The molecule has 0 bridgehead atoms. The number of nitrogens with zero attached hydrogens (tertiary/aromatic N) is 1. The van der Waals surface area contributed by atoms with Crippen molar-refractivity contribution >= 4 is 17.8 Å². The number of carbonyl (C=O) groups excluding carboxylic acids is 2. The molecule has 1 aromatic rings. The molecule has 0 unspecified atom stereocenters. The predicted molar refractivity (Wildman–Crippen MR) is 73.8 cm³/mol. The summed E-state index contributed by atoms with van der Waals surface area (Å²) in [6.45, 7) is 1.70. The second-order valence-electron chi connectivity index (χ2n) is 4.34. The summed E-state index contributed by atoms with van der Waals surface area (Å²) in [6.07, 6.45) is 0.0719.